The number of hydrogen-bond acceptors (Lipinski definition) is 9. The quantitative estimate of drug-likeness (QED) is 0.231. The molecule has 0 bridgehead atoms. The van der Waals surface area contributed by atoms with E-state index in [-0.39, 0.29) is 0 Å². The van der Waals surface area contributed by atoms with Gasteiger partial charge in [-0.3, -0.25) is 15.0 Å². The van der Waals surface area contributed by atoms with E-state index in [1.807, 2.05) is 30.5 Å². The first kappa shape index (κ1) is 29.3. The van der Waals surface area contributed by atoms with Crippen LogP contribution in [-0.2, 0) is 6.54 Å². The summed E-state index contributed by atoms with van der Waals surface area (Å²) in [4.78, 5) is 28.8. The number of hydrogen-bond donors (Lipinski definition) is 2. The Morgan fingerprint density at radius 2 is 1.66 bits per heavy atom. The minimum Gasteiger partial charge on any atom is -0.338 e. The molecule has 6 aromatic rings. The molecule has 2 aliphatic heterocycles. The van der Waals surface area contributed by atoms with E-state index in [0.29, 0.717) is 17.8 Å². The topological polar surface area (TPSA) is 112 Å². The summed E-state index contributed by atoms with van der Waals surface area (Å²) >= 11 is 0. The standard InChI is InChI=1S/C37H38N10/c1-25-23-47(20-17-38-25)37-40-22-30-21-31(27-7-3-2-4-8-27)33(41-34(30)43-37)28-12-10-26(11-13-28)24-46-18-14-29(15-19-46)35-42-36(45-44-35)32-9-5-6-16-39-32/h2-13,16,21-22,25,29,38H,14-15,17-20,23-24H2,1H3,(H,42,44,45)/t25-/m1/s1. The van der Waals surface area contributed by atoms with Gasteiger partial charge in [0.1, 0.15) is 11.5 Å². The predicted octanol–water partition coefficient (Wildman–Crippen LogP) is 5.72. The summed E-state index contributed by atoms with van der Waals surface area (Å²) in [6.45, 7) is 7.84. The average molecular weight is 623 g/mol. The van der Waals surface area contributed by atoms with Crippen molar-refractivity contribution in [1.82, 2.24) is 45.3 Å². The first-order valence-corrected chi connectivity index (χ1v) is 16.5. The molecule has 0 spiro atoms. The third-order valence-electron chi connectivity index (χ3n) is 9.30. The van der Waals surface area contributed by atoms with Crippen LogP contribution in [0, 0.1) is 0 Å². The number of likely N-dealkylation sites (tertiary alicyclic amines) is 1. The van der Waals surface area contributed by atoms with Crippen molar-refractivity contribution in [2.45, 2.75) is 38.3 Å². The van der Waals surface area contributed by atoms with Crippen LogP contribution in [0.4, 0.5) is 5.95 Å². The molecule has 2 fully saturated rings. The zero-order valence-corrected chi connectivity index (χ0v) is 26.5. The number of benzene rings is 2. The molecule has 0 saturated carbocycles. The number of nitrogens with zero attached hydrogens (tertiary/aromatic N) is 8. The number of aromatic nitrogens is 7. The molecule has 47 heavy (non-hydrogen) atoms. The van der Waals surface area contributed by atoms with Crippen molar-refractivity contribution in [3.8, 4) is 33.9 Å². The van der Waals surface area contributed by atoms with Crippen molar-refractivity contribution in [3.05, 3.63) is 103 Å². The number of piperazine rings is 1. The van der Waals surface area contributed by atoms with Crippen LogP contribution in [0.25, 0.3) is 44.9 Å². The summed E-state index contributed by atoms with van der Waals surface area (Å²) in [5.74, 6) is 2.76. The van der Waals surface area contributed by atoms with Crippen LogP contribution in [0.1, 0.15) is 37.1 Å². The monoisotopic (exact) mass is 622 g/mol. The molecule has 10 nitrogen and oxygen atoms in total. The van der Waals surface area contributed by atoms with E-state index in [1.165, 1.54) is 5.56 Å². The zero-order valence-electron chi connectivity index (χ0n) is 26.5. The van der Waals surface area contributed by atoms with Gasteiger partial charge in [-0.05, 0) is 62.2 Å². The largest absolute Gasteiger partial charge is 0.338 e. The molecule has 0 aliphatic carbocycles. The van der Waals surface area contributed by atoms with Crippen LogP contribution in [0.2, 0.25) is 0 Å². The van der Waals surface area contributed by atoms with E-state index in [9.17, 15) is 0 Å². The Morgan fingerprint density at radius 1 is 0.830 bits per heavy atom. The van der Waals surface area contributed by atoms with Gasteiger partial charge in [0.2, 0.25) is 5.95 Å². The van der Waals surface area contributed by atoms with Gasteiger partial charge in [-0.15, -0.1) is 0 Å². The number of rotatable bonds is 7. The summed E-state index contributed by atoms with van der Waals surface area (Å²) in [5.41, 5.74) is 7.05. The summed E-state index contributed by atoms with van der Waals surface area (Å²) < 4.78 is 0. The highest BCUT2D eigenvalue weighted by molar-refractivity contribution is 5.90. The molecule has 10 heteroatoms. The lowest BCUT2D eigenvalue weighted by molar-refractivity contribution is 0.202. The van der Waals surface area contributed by atoms with Gasteiger partial charge in [0.25, 0.3) is 0 Å². The molecule has 4 aromatic heterocycles. The van der Waals surface area contributed by atoms with Crippen molar-refractivity contribution in [3.63, 3.8) is 0 Å². The van der Waals surface area contributed by atoms with E-state index in [1.54, 1.807) is 6.20 Å². The Bertz CT molecular complexity index is 1950. The van der Waals surface area contributed by atoms with Gasteiger partial charge in [-0.2, -0.15) is 10.1 Å². The molecule has 2 aromatic carbocycles. The van der Waals surface area contributed by atoms with Gasteiger partial charge >= 0.3 is 0 Å². The fourth-order valence-electron chi connectivity index (χ4n) is 6.74. The van der Waals surface area contributed by atoms with Crippen molar-refractivity contribution >= 4 is 17.0 Å². The molecule has 1 atom stereocenters. The number of aromatic amines is 1. The Balaban J connectivity index is 0.995. The highest BCUT2D eigenvalue weighted by Gasteiger charge is 2.24. The second-order valence-corrected chi connectivity index (χ2v) is 12.6. The average Bonchev–Trinajstić information content (AvgIpc) is 3.63. The van der Waals surface area contributed by atoms with Crippen LogP contribution >= 0.6 is 0 Å². The number of H-pyrrole nitrogens is 1. The Labute approximate surface area is 274 Å². The number of piperidine rings is 1. The van der Waals surface area contributed by atoms with Gasteiger partial charge < -0.3 is 10.2 Å². The molecule has 2 saturated heterocycles. The first-order valence-electron chi connectivity index (χ1n) is 16.5. The lowest BCUT2D eigenvalue weighted by atomic mass is 9.95. The molecule has 6 heterocycles. The fourth-order valence-corrected chi connectivity index (χ4v) is 6.74. The lowest BCUT2D eigenvalue weighted by Crippen LogP contribution is -2.49. The van der Waals surface area contributed by atoms with E-state index >= 15 is 0 Å². The maximum atomic E-state index is 5.18. The van der Waals surface area contributed by atoms with Crippen molar-refractivity contribution in [2.75, 3.05) is 37.6 Å². The molecule has 2 N–H and O–H groups in total. The summed E-state index contributed by atoms with van der Waals surface area (Å²) in [6, 6.07) is 27.8. The summed E-state index contributed by atoms with van der Waals surface area (Å²) in [7, 11) is 0. The molecule has 0 unspecified atom stereocenters. The van der Waals surface area contributed by atoms with Gasteiger partial charge in [0.15, 0.2) is 11.5 Å². The van der Waals surface area contributed by atoms with Crippen molar-refractivity contribution in [2.24, 2.45) is 0 Å². The molecular formula is C37H38N10. The Hall–Kier alpha value is -5.06. The first-order chi connectivity index (χ1) is 23.2. The molecule has 8 rings (SSSR count). The van der Waals surface area contributed by atoms with Crippen LogP contribution < -0.4 is 10.2 Å². The SMILES string of the molecule is C[C@@H]1CN(c2ncc3cc(-c4ccccc4)c(-c4ccc(CN5CCC(c6nc(-c7ccccn7)n[nH]6)CC5)cc4)nc3n2)CCN1. The van der Waals surface area contributed by atoms with Crippen LogP contribution in [-0.4, -0.2) is 78.8 Å². The summed E-state index contributed by atoms with van der Waals surface area (Å²) in [6.07, 6.45) is 5.79. The second-order valence-electron chi connectivity index (χ2n) is 12.6. The van der Waals surface area contributed by atoms with E-state index in [4.69, 9.17) is 19.9 Å². The van der Waals surface area contributed by atoms with Gasteiger partial charge in [-0.1, -0.05) is 60.7 Å². The lowest BCUT2D eigenvalue weighted by Gasteiger charge is -2.31. The van der Waals surface area contributed by atoms with Crippen molar-refractivity contribution < 1.29 is 0 Å². The zero-order chi connectivity index (χ0) is 31.6. The number of pyridine rings is 2. The van der Waals surface area contributed by atoms with Gasteiger partial charge in [-0.25, -0.2) is 15.0 Å². The number of anilines is 1. The van der Waals surface area contributed by atoms with Crippen LogP contribution in [0.3, 0.4) is 0 Å². The second kappa shape index (κ2) is 13.0. The van der Waals surface area contributed by atoms with E-state index < -0.39 is 0 Å². The minimum absolute atomic E-state index is 0.383. The Kier molecular flexibility index (Phi) is 8.10. The molecule has 0 amide bonds. The number of fused-ring (bicyclic) bond motifs is 1. The molecular weight excluding hydrogens is 584 g/mol. The fraction of sp³-hybridized carbons (Fsp3) is 0.297. The Morgan fingerprint density at radius 3 is 2.45 bits per heavy atom. The third kappa shape index (κ3) is 6.34. The normalized spacial score (nSPS) is 17.7. The third-order valence-corrected chi connectivity index (χ3v) is 9.30. The highest BCUT2D eigenvalue weighted by Crippen LogP contribution is 2.34. The van der Waals surface area contributed by atoms with Gasteiger partial charge in [0.05, 0.1) is 5.69 Å². The van der Waals surface area contributed by atoms with Crippen LogP contribution in [0.5, 0.6) is 0 Å². The van der Waals surface area contributed by atoms with Crippen molar-refractivity contribution in [1.29, 1.82) is 0 Å². The smallest absolute Gasteiger partial charge is 0.227 e. The minimum atomic E-state index is 0.383. The maximum absolute atomic E-state index is 5.18. The van der Waals surface area contributed by atoms with E-state index in [2.05, 4.69) is 91.8 Å². The maximum Gasteiger partial charge on any atom is 0.227 e. The molecule has 2 aliphatic rings. The predicted molar refractivity (Wildman–Crippen MR) is 185 cm³/mol. The number of nitrogens with one attached hydrogen (secondary N) is 2. The van der Waals surface area contributed by atoms with Crippen LogP contribution in [0.15, 0.2) is 91.3 Å². The van der Waals surface area contributed by atoms with Gasteiger partial charge in [0, 0.05) is 67.0 Å². The van der Waals surface area contributed by atoms with E-state index in [0.717, 1.165) is 103 Å². The summed E-state index contributed by atoms with van der Waals surface area (Å²) in [5, 5.41) is 12.0. The highest BCUT2D eigenvalue weighted by atomic mass is 15.3. The molecule has 0 radical (unpaired) electrons. The molecule has 236 valence electrons.